The molecule has 0 atom stereocenters. The van der Waals surface area contributed by atoms with Crippen LogP contribution in [0.4, 0.5) is 0 Å². The molecule has 0 radical (unpaired) electrons. The van der Waals surface area contributed by atoms with Crippen LogP contribution in [0.2, 0.25) is 0 Å². The second-order valence-electron chi connectivity index (χ2n) is 5.75. The summed E-state index contributed by atoms with van der Waals surface area (Å²) in [6.07, 6.45) is 5.32. The zero-order valence-electron chi connectivity index (χ0n) is 11.3. The zero-order chi connectivity index (χ0) is 13.1. The van der Waals surface area contributed by atoms with Crippen molar-refractivity contribution in [1.82, 2.24) is 5.32 Å². The first-order valence-corrected chi connectivity index (χ1v) is 8.89. The van der Waals surface area contributed by atoms with E-state index in [4.69, 9.17) is 4.74 Å². The molecule has 1 aliphatic heterocycles. The Labute approximate surface area is 110 Å². The quantitative estimate of drug-likeness (QED) is 0.762. The average Bonchev–Trinajstić information content (AvgIpc) is 3.20. The molecule has 18 heavy (non-hydrogen) atoms. The third-order valence-corrected chi connectivity index (χ3v) is 5.99. The van der Waals surface area contributed by atoms with Crippen molar-refractivity contribution in [2.75, 3.05) is 31.3 Å². The van der Waals surface area contributed by atoms with Crippen molar-refractivity contribution in [1.29, 1.82) is 0 Å². The van der Waals surface area contributed by atoms with E-state index in [0.717, 1.165) is 39.0 Å². The maximum Gasteiger partial charge on any atom is 0.150 e. The Kier molecular flexibility index (Phi) is 4.67. The largest absolute Gasteiger partial charge is 0.381 e. The van der Waals surface area contributed by atoms with Gasteiger partial charge in [0.05, 0.1) is 5.75 Å². The molecular formula is C13H25NO3S. The maximum absolute atomic E-state index is 11.7. The Hall–Kier alpha value is -0.130. The normalized spacial score (nSPS) is 24.1. The molecule has 1 saturated heterocycles. The second-order valence-corrected chi connectivity index (χ2v) is 8.23. The van der Waals surface area contributed by atoms with E-state index in [9.17, 15) is 8.42 Å². The highest BCUT2D eigenvalue weighted by Gasteiger charge is 2.35. The lowest BCUT2D eigenvalue weighted by atomic mass is 9.77. The van der Waals surface area contributed by atoms with E-state index in [2.05, 4.69) is 5.32 Å². The standard InChI is InChI=1S/C13H25NO3S/c1-2-18(15,16)10-7-13(5-8-17-9-6-13)11-14-12-3-4-12/h12,14H,2-11H2,1H3. The summed E-state index contributed by atoms with van der Waals surface area (Å²) in [5, 5.41) is 3.57. The van der Waals surface area contributed by atoms with Crippen LogP contribution in [-0.2, 0) is 14.6 Å². The zero-order valence-corrected chi connectivity index (χ0v) is 12.1. The fourth-order valence-electron chi connectivity index (χ4n) is 2.48. The summed E-state index contributed by atoms with van der Waals surface area (Å²) >= 11 is 0. The van der Waals surface area contributed by atoms with Gasteiger partial charge in [-0.25, -0.2) is 8.42 Å². The van der Waals surface area contributed by atoms with Gasteiger partial charge >= 0.3 is 0 Å². The third kappa shape index (κ3) is 4.21. The van der Waals surface area contributed by atoms with Gasteiger partial charge in [0.25, 0.3) is 0 Å². The molecule has 1 saturated carbocycles. The van der Waals surface area contributed by atoms with E-state index in [0.29, 0.717) is 11.8 Å². The Morgan fingerprint density at radius 3 is 2.50 bits per heavy atom. The SMILES string of the molecule is CCS(=O)(=O)CCC1(CNC2CC2)CCOCC1. The summed E-state index contributed by atoms with van der Waals surface area (Å²) in [5.74, 6) is 0.589. The summed E-state index contributed by atoms with van der Waals surface area (Å²) in [6.45, 7) is 4.24. The number of rotatable bonds is 7. The molecule has 5 heteroatoms. The van der Waals surface area contributed by atoms with E-state index < -0.39 is 9.84 Å². The van der Waals surface area contributed by atoms with Crippen LogP contribution in [0.5, 0.6) is 0 Å². The van der Waals surface area contributed by atoms with E-state index in [1.807, 2.05) is 0 Å². The molecule has 0 spiro atoms. The van der Waals surface area contributed by atoms with Crippen molar-refractivity contribution in [3.63, 3.8) is 0 Å². The maximum atomic E-state index is 11.7. The molecule has 2 rings (SSSR count). The first-order valence-electron chi connectivity index (χ1n) is 7.07. The van der Waals surface area contributed by atoms with Gasteiger partial charge in [0.15, 0.2) is 0 Å². The van der Waals surface area contributed by atoms with E-state index in [-0.39, 0.29) is 11.2 Å². The van der Waals surface area contributed by atoms with Crippen molar-refractivity contribution in [2.24, 2.45) is 5.41 Å². The minimum Gasteiger partial charge on any atom is -0.381 e. The molecule has 2 fully saturated rings. The monoisotopic (exact) mass is 275 g/mol. The number of hydrogen-bond donors (Lipinski definition) is 1. The Morgan fingerprint density at radius 1 is 1.28 bits per heavy atom. The minimum absolute atomic E-state index is 0.142. The molecule has 4 nitrogen and oxygen atoms in total. The highest BCUT2D eigenvalue weighted by atomic mass is 32.2. The van der Waals surface area contributed by atoms with Crippen LogP contribution in [-0.4, -0.2) is 45.7 Å². The van der Waals surface area contributed by atoms with Gasteiger partial charge in [0, 0.05) is 31.6 Å². The molecule has 2 aliphatic rings. The number of ether oxygens (including phenoxy) is 1. The summed E-state index contributed by atoms with van der Waals surface area (Å²) in [6, 6.07) is 0.688. The summed E-state index contributed by atoms with van der Waals surface area (Å²) in [5.41, 5.74) is 0.142. The van der Waals surface area contributed by atoms with Crippen molar-refractivity contribution < 1.29 is 13.2 Å². The van der Waals surface area contributed by atoms with Crippen LogP contribution >= 0.6 is 0 Å². The molecule has 0 unspecified atom stereocenters. The van der Waals surface area contributed by atoms with Gasteiger partial charge in [-0.15, -0.1) is 0 Å². The van der Waals surface area contributed by atoms with Gasteiger partial charge in [-0.05, 0) is 37.5 Å². The summed E-state index contributed by atoms with van der Waals surface area (Å²) < 4.78 is 28.8. The minimum atomic E-state index is -2.85. The Bertz CT molecular complexity index is 356. The molecule has 0 aromatic rings. The molecule has 106 valence electrons. The molecule has 1 aliphatic carbocycles. The number of sulfone groups is 1. The number of hydrogen-bond acceptors (Lipinski definition) is 4. The topological polar surface area (TPSA) is 55.4 Å². The molecule has 0 bridgehead atoms. The van der Waals surface area contributed by atoms with Crippen LogP contribution in [0.3, 0.4) is 0 Å². The van der Waals surface area contributed by atoms with Gasteiger partial charge in [-0.2, -0.15) is 0 Å². The molecule has 0 aromatic carbocycles. The third-order valence-electron chi connectivity index (χ3n) is 4.28. The first kappa shape index (κ1) is 14.3. The van der Waals surface area contributed by atoms with Crippen molar-refractivity contribution >= 4 is 9.84 Å². The van der Waals surface area contributed by atoms with Gasteiger partial charge in [0.2, 0.25) is 0 Å². The van der Waals surface area contributed by atoms with Gasteiger partial charge < -0.3 is 10.1 Å². The van der Waals surface area contributed by atoms with Gasteiger partial charge in [0.1, 0.15) is 9.84 Å². The predicted octanol–water partition coefficient (Wildman–Crippen LogP) is 1.36. The van der Waals surface area contributed by atoms with Crippen molar-refractivity contribution in [2.45, 2.75) is 45.1 Å². The van der Waals surface area contributed by atoms with E-state index in [1.165, 1.54) is 12.8 Å². The highest BCUT2D eigenvalue weighted by molar-refractivity contribution is 7.91. The Balaban J connectivity index is 1.90. The van der Waals surface area contributed by atoms with Crippen LogP contribution in [0.1, 0.15) is 39.0 Å². The lowest BCUT2D eigenvalue weighted by molar-refractivity contribution is 0.0131. The number of nitrogens with one attached hydrogen (secondary N) is 1. The first-order chi connectivity index (χ1) is 8.55. The van der Waals surface area contributed by atoms with Crippen LogP contribution < -0.4 is 5.32 Å². The summed E-state index contributed by atoms with van der Waals surface area (Å²) in [4.78, 5) is 0. The molecule has 1 N–H and O–H groups in total. The van der Waals surface area contributed by atoms with E-state index >= 15 is 0 Å². The summed E-state index contributed by atoms with van der Waals surface area (Å²) in [7, 11) is -2.85. The highest BCUT2D eigenvalue weighted by Crippen LogP contribution is 2.35. The van der Waals surface area contributed by atoms with Crippen molar-refractivity contribution in [3.8, 4) is 0 Å². The fourth-order valence-corrected chi connectivity index (χ4v) is 3.52. The van der Waals surface area contributed by atoms with Crippen LogP contribution in [0.25, 0.3) is 0 Å². The van der Waals surface area contributed by atoms with E-state index in [1.54, 1.807) is 6.92 Å². The van der Waals surface area contributed by atoms with Crippen LogP contribution in [0, 0.1) is 5.41 Å². The van der Waals surface area contributed by atoms with Gasteiger partial charge in [-0.3, -0.25) is 0 Å². The fraction of sp³-hybridized carbons (Fsp3) is 1.00. The average molecular weight is 275 g/mol. The predicted molar refractivity (Wildman–Crippen MR) is 72.5 cm³/mol. The second kappa shape index (κ2) is 5.88. The van der Waals surface area contributed by atoms with Gasteiger partial charge in [-0.1, -0.05) is 6.92 Å². The lowest BCUT2D eigenvalue weighted by Crippen LogP contribution is -2.41. The lowest BCUT2D eigenvalue weighted by Gasteiger charge is -2.37. The molecular weight excluding hydrogens is 250 g/mol. The molecule has 1 heterocycles. The smallest absolute Gasteiger partial charge is 0.150 e. The van der Waals surface area contributed by atoms with Crippen LogP contribution in [0.15, 0.2) is 0 Å². The van der Waals surface area contributed by atoms with Crippen molar-refractivity contribution in [3.05, 3.63) is 0 Å². The Morgan fingerprint density at radius 2 is 1.94 bits per heavy atom. The molecule has 0 amide bonds. The molecule has 0 aromatic heterocycles.